The number of hydrogen-bond acceptors (Lipinski definition) is 4. The summed E-state index contributed by atoms with van der Waals surface area (Å²) in [7, 11) is 0. The number of piperidine rings is 1. The third-order valence-electron chi connectivity index (χ3n) is 4.92. The summed E-state index contributed by atoms with van der Waals surface area (Å²) in [6.07, 6.45) is 2.89. The highest BCUT2D eigenvalue weighted by Gasteiger charge is 2.34. The number of anilines is 2. The maximum atomic E-state index is 13.8. The monoisotopic (exact) mass is 404 g/mol. The van der Waals surface area contributed by atoms with Gasteiger partial charge in [-0.15, -0.1) is 0 Å². The summed E-state index contributed by atoms with van der Waals surface area (Å²) in [5.74, 6) is -1.32. The van der Waals surface area contributed by atoms with Crippen molar-refractivity contribution in [2.75, 3.05) is 17.6 Å². The molecule has 6 nitrogen and oxygen atoms in total. The van der Waals surface area contributed by atoms with E-state index in [1.165, 1.54) is 23.2 Å². The van der Waals surface area contributed by atoms with Gasteiger partial charge in [0.1, 0.15) is 11.6 Å². The van der Waals surface area contributed by atoms with Crippen LogP contribution >= 0.6 is 11.6 Å². The highest BCUT2D eigenvalue weighted by molar-refractivity contribution is 6.39. The molecule has 3 N–H and O–H groups in total. The third-order valence-corrected chi connectivity index (χ3v) is 5.14. The normalized spacial score (nSPS) is 19.4. The lowest BCUT2D eigenvalue weighted by molar-refractivity contribution is -0.146. The number of nitrogens with one attached hydrogen (secondary N) is 1. The average molecular weight is 405 g/mol. The fraction of sp³-hybridized carbons (Fsp3) is 0.350. The highest BCUT2D eigenvalue weighted by Crippen LogP contribution is 2.35. The van der Waals surface area contributed by atoms with Crippen molar-refractivity contribution >= 4 is 34.9 Å². The summed E-state index contributed by atoms with van der Waals surface area (Å²) in [6, 6.07) is 5.45. The van der Waals surface area contributed by atoms with Crippen molar-refractivity contribution in [2.45, 2.75) is 32.7 Å². The number of pyridine rings is 1. The number of hydrogen-bond donors (Lipinski definition) is 2. The van der Waals surface area contributed by atoms with E-state index in [1.807, 2.05) is 6.92 Å². The van der Waals surface area contributed by atoms with Gasteiger partial charge >= 0.3 is 11.8 Å². The number of likely N-dealkylation sites (tertiary alicyclic amines) is 1. The minimum Gasteiger partial charge on any atom is -0.383 e. The minimum atomic E-state index is -0.771. The van der Waals surface area contributed by atoms with Crippen LogP contribution in [0.15, 0.2) is 30.5 Å². The van der Waals surface area contributed by atoms with Crippen LogP contribution < -0.4 is 11.1 Å². The fourth-order valence-electron chi connectivity index (χ4n) is 3.46. The molecular formula is C20H22ClFN4O2. The van der Waals surface area contributed by atoms with Crippen LogP contribution in [0.3, 0.4) is 0 Å². The molecule has 1 aromatic heterocycles. The topological polar surface area (TPSA) is 88.3 Å². The van der Waals surface area contributed by atoms with Crippen molar-refractivity contribution in [3.05, 3.63) is 52.4 Å². The van der Waals surface area contributed by atoms with Crippen molar-refractivity contribution < 1.29 is 14.0 Å². The summed E-state index contributed by atoms with van der Waals surface area (Å²) < 4.78 is 13.8. The number of carbonyl (C=O) groups is 2. The number of benzene rings is 1. The molecule has 2 atom stereocenters. The first-order valence-electron chi connectivity index (χ1n) is 9.04. The van der Waals surface area contributed by atoms with Gasteiger partial charge in [0.05, 0.1) is 17.9 Å². The SMILES string of the molecule is Cc1cc(NC(=O)C(=O)N2C[C@@H](C)CC[C@@H]2c2cc(F)cc(Cl)c2)cnc1N. The van der Waals surface area contributed by atoms with Crippen LogP contribution in [0.2, 0.25) is 5.02 Å². The van der Waals surface area contributed by atoms with E-state index < -0.39 is 23.7 Å². The molecular weight excluding hydrogens is 383 g/mol. The molecule has 3 rings (SSSR count). The van der Waals surface area contributed by atoms with Gasteiger partial charge in [-0.05, 0) is 61.1 Å². The van der Waals surface area contributed by atoms with Crippen molar-refractivity contribution in [1.82, 2.24) is 9.88 Å². The zero-order chi connectivity index (χ0) is 20.4. The number of halogens is 2. The Hall–Kier alpha value is -2.67. The smallest absolute Gasteiger partial charge is 0.313 e. The molecule has 0 saturated carbocycles. The van der Waals surface area contributed by atoms with Gasteiger partial charge in [0.2, 0.25) is 0 Å². The summed E-state index contributed by atoms with van der Waals surface area (Å²) in [5.41, 5.74) is 7.35. The summed E-state index contributed by atoms with van der Waals surface area (Å²) in [6.45, 7) is 4.18. The van der Waals surface area contributed by atoms with Gasteiger partial charge < -0.3 is 16.0 Å². The largest absolute Gasteiger partial charge is 0.383 e. The fourth-order valence-corrected chi connectivity index (χ4v) is 3.69. The Kier molecular flexibility index (Phi) is 5.84. The molecule has 2 heterocycles. The molecule has 1 fully saturated rings. The van der Waals surface area contributed by atoms with E-state index in [-0.39, 0.29) is 10.9 Å². The quantitative estimate of drug-likeness (QED) is 0.747. The number of nitrogens with two attached hydrogens (primary N) is 1. The molecule has 1 aliphatic heterocycles. The van der Waals surface area contributed by atoms with Crippen molar-refractivity contribution in [2.24, 2.45) is 5.92 Å². The van der Waals surface area contributed by atoms with Gasteiger partial charge in [-0.1, -0.05) is 18.5 Å². The van der Waals surface area contributed by atoms with Crippen molar-refractivity contribution in [3.63, 3.8) is 0 Å². The molecule has 2 amide bonds. The second-order valence-electron chi connectivity index (χ2n) is 7.24. The van der Waals surface area contributed by atoms with E-state index in [1.54, 1.807) is 19.1 Å². The molecule has 0 radical (unpaired) electrons. The molecule has 1 aliphatic rings. The van der Waals surface area contributed by atoms with Crippen LogP contribution in [0.4, 0.5) is 15.9 Å². The van der Waals surface area contributed by atoms with E-state index in [0.717, 1.165) is 6.42 Å². The van der Waals surface area contributed by atoms with E-state index in [9.17, 15) is 14.0 Å². The molecule has 0 aliphatic carbocycles. The Morgan fingerprint density at radius 1 is 1.29 bits per heavy atom. The Morgan fingerprint density at radius 2 is 2.04 bits per heavy atom. The number of nitrogen functional groups attached to an aromatic ring is 1. The van der Waals surface area contributed by atoms with E-state index in [2.05, 4.69) is 10.3 Å². The molecule has 0 bridgehead atoms. The lowest BCUT2D eigenvalue weighted by atomic mass is 9.89. The number of nitrogens with zero attached hydrogens (tertiary/aromatic N) is 2. The van der Waals surface area contributed by atoms with Crippen LogP contribution in [0.1, 0.15) is 36.9 Å². The van der Waals surface area contributed by atoms with Gasteiger partial charge in [-0.2, -0.15) is 0 Å². The zero-order valence-corrected chi connectivity index (χ0v) is 16.5. The van der Waals surface area contributed by atoms with Crippen LogP contribution in [0.5, 0.6) is 0 Å². The average Bonchev–Trinajstić information content (AvgIpc) is 2.63. The predicted octanol–water partition coefficient (Wildman–Crippen LogP) is 3.70. The number of rotatable bonds is 2. The van der Waals surface area contributed by atoms with E-state index in [4.69, 9.17) is 17.3 Å². The van der Waals surface area contributed by atoms with Crippen LogP contribution in [0, 0.1) is 18.7 Å². The minimum absolute atomic E-state index is 0.234. The van der Waals surface area contributed by atoms with Crippen LogP contribution in [-0.4, -0.2) is 28.2 Å². The van der Waals surface area contributed by atoms with Crippen LogP contribution in [0.25, 0.3) is 0 Å². The molecule has 0 unspecified atom stereocenters. The zero-order valence-electron chi connectivity index (χ0n) is 15.7. The first-order valence-corrected chi connectivity index (χ1v) is 9.42. The second kappa shape index (κ2) is 8.14. The first-order chi connectivity index (χ1) is 13.2. The Labute approximate surface area is 167 Å². The summed E-state index contributed by atoms with van der Waals surface area (Å²) in [4.78, 5) is 30.9. The molecule has 28 heavy (non-hydrogen) atoms. The van der Waals surface area contributed by atoms with E-state index in [0.29, 0.717) is 35.6 Å². The number of aromatic nitrogens is 1. The highest BCUT2D eigenvalue weighted by atomic mass is 35.5. The molecule has 2 aromatic rings. The van der Waals surface area contributed by atoms with Gasteiger partial charge in [0.15, 0.2) is 0 Å². The van der Waals surface area contributed by atoms with Crippen LogP contribution in [-0.2, 0) is 9.59 Å². The number of aryl methyl sites for hydroxylation is 1. The Bertz CT molecular complexity index is 901. The molecule has 148 valence electrons. The lowest BCUT2D eigenvalue weighted by Crippen LogP contribution is -2.46. The summed E-state index contributed by atoms with van der Waals surface area (Å²) >= 11 is 5.98. The lowest BCUT2D eigenvalue weighted by Gasteiger charge is -2.38. The molecule has 0 spiro atoms. The maximum absolute atomic E-state index is 13.8. The Balaban J connectivity index is 1.83. The first kappa shape index (κ1) is 20.1. The maximum Gasteiger partial charge on any atom is 0.313 e. The van der Waals surface area contributed by atoms with Gasteiger partial charge in [0.25, 0.3) is 0 Å². The van der Waals surface area contributed by atoms with Gasteiger partial charge in [-0.3, -0.25) is 9.59 Å². The molecule has 8 heteroatoms. The van der Waals surface area contributed by atoms with Gasteiger partial charge in [-0.25, -0.2) is 9.37 Å². The molecule has 1 aromatic carbocycles. The third kappa shape index (κ3) is 4.42. The van der Waals surface area contributed by atoms with Crippen molar-refractivity contribution in [3.8, 4) is 0 Å². The van der Waals surface area contributed by atoms with Crippen molar-refractivity contribution in [1.29, 1.82) is 0 Å². The van der Waals surface area contributed by atoms with Gasteiger partial charge in [0, 0.05) is 11.6 Å². The van der Waals surface area contributed by atoms with E-state index >= 15 is 0 Å². The number of carbonyl (C=O) groups excluding carboxylic acids is 2. The Morgan fingerprint density at radius 3 is 2.71 bits per heavy atom. The number of amides is 2. The second-order valence-corrected chi connectivity index (χ2v) is 7.68. The predicted molar refractivity (Wildman–Crippen MR) is 106 cm³/mol. The summed E-state index contributed by atoms with van der Waals surface area (Å²) in [5, 5.41) is 2.83. The standard InChI is InChI=1S/C20H22ClFN4O2/c1-11-3-4-17(13-6-14(21)8-15(22)7-13)26(10-11)20(28)19(27)25-16-5-12(2)18(23)24-9-16/h5-9,11,17H,3-4,10H2,1-2H3,(H2,23,24)(H,25,27)/t11-,17+/m0/s1. The molecule has 1 saturated heterocycles.